The predicted molar refractivity (Wildman–Crippen MR) is 93.0 cm³/mol. The predicted octanol–water partition coefficient (Wildman–Crippen LogP) is 3.74. The zero-order chi connectivity index (χ0) is 16.4. The molecule has 1 N–H and O–H groups in total. The van der Waals surface area contributed by atoms with Crippen molar-refractivity contribution in [3.63, 3.8) is 0 Å². The molecule has 0 saturated heterocycles. The second-order valence-electron chi connectivity index (χ2n) is 5.29. The van der Waals surface area contributed by atoms with E-state index in [0.717, 1.165) is 21.7 Å². The van der Waals surface area contributed by atoms with Crippen molar-refractivity contribution < 1.29 is 9.21 Å². The molecule has 24 heavy (non-hydrogen) atoms. The summed E-state index contributed by atoms with van der Waals surface area (Å²) < 4.78 is 5.64. The number of pyridine rings is 1. The first-order valence-electron chi connectivity index (χ1n) is 7.46. The van der Waals surface area contributed by atoms with Gasteiger partial charge >= 0.3 is 5.91 Å². The van der Waals surface area contributed by atoms with E-state index >= 15 is 0 Å². The highest BCUT2D eigenvalue weighted by atomic mass is 16.3. The molecule has 2 heterocycles. The Morgan fingerprint density at radius 2 is 2.00 bits per heavy atom. The van der Waals surface area contributed by atoms with Crippen molar-refractivity contribution >= 4 is 33.9 Å². The van der Waals surface area contributed by atoms with Crippen LogP contribution in [-0.4, -0.2) is 17.1 Å². The smallest absolute Gasteiger partial charge is 0.307 e. The van der Waals surface area contributed by atoms with Gasteiger partial charge in [-0.05, 0) is 29.0 Å². The molecule has 5 heteroatoms. The molecule has 4 aromatic rings. The quantitative estimate of drug-likeness (QED) is 0.462. The Labute approximate surface area is 137 Å². The lowest BCUT2D eigenvalue weighted by Crippen LogP contribution is -2.16. The van der Waals surface area contributed by atoms with Crippen LogP contribution in [0.4, 0.5) is 0 Å². The van der Waals surface area contributed by atoms with E-state index in [4.69, 9.17) is 4.42 Å². The zero-order valence-electron chi connectivity index (χ0n) is 12.6. The average Bonchev–Trinajstić information content (AvgIpc) is 3.07. The Hall–Kier alpha value is -3.47. The van der Waals surface area contributed by atoms with Crippen LogP contribution < -0.4 is 5.43 Å². The molecule has 0 spiro atoms. The van der Waals surface area contributed by atoms with Gasteiger partial charge in [0.05, 0.1) is 6.21 Å². The molecular weight excluding hydrogens is 302 g/mol. The third-order valence-corrected chi connectivity index (χ3v) is 3.71. The maximum absolute atomic E-state index is 12.2. The Balaban J connectivity index is 1.60. The number of aromatic nitrogens is 1. The number of hydrogen-bond acceptors (Lipinski definition) is 4. The second-order valence-corrected chi connectivity index (χ2v) is 5.29. The van der Waals surface area contributed by atoms with Crippen LogP contribution in [0.5, 0.6) is 0 Å². The summed E-state index contributed by atoms with van der Waals surface area (Å²) >= 11 is 0. The minimum Gasteiger partial charge on any atom is -0.451 e. The first-order valence-corrected chi connectivity index (χ1v) is 7.46. The van der Waals surface area contributed by atoms with Crippen molar-refractivity contribution in [3.8, 4) is 0 Å². The summed E-state index contributed by atoms with van der Waals surface area (Å²) in [6.07, 6.45) is 4.86. The van der Waals surface area contributed by atoms with Crippen molar-refractivity contribution in [2.45, 2.75) is 0 Å². The number of nitrogens with zero attached hydrogens (tertiary/aromatic N) is 2. The summed E-state index contributed by atoms with van der Waals surface area (Å²) in [7, 11) is 0. The molecule has 0 radical (unpaired) electrons. The lowest BCUT2D eigenvalue weighted by molar-refractivity contribution is 0.0929. The average molecular weight is 315 g/mol. The minimum atomic E-state index is -0.393. The largest absolute Gasteiger partial charge is 0.451 e. The molecule has 0 saturated carbocycles. The molecule has 2 aromatic heterocycles. The molecule has 0 aliphatic rings. The van der Waals surface area contributed by atoms with E-state index in [1.165, 1.54) is 6.21 Å². The van der Waals surface area contributed by atoms with Crippen LogP contribution in [0, 0.1) is 0 Å². The number of hydrogen-bond donors (Lipinski definition) is 1. The third-order valence-electron chi connectivity index (χ3n) is 3.71. The normalized spacial score (nSPS) is 11.3. The summed E-state index contributed by atoms with van der Waals surface area (Å²) in [5.41, 5.74) is 3.94. The van der Waals surface area contributed by atoms with Crippen LogP contribution in [-0.2, 0) is 0 Å². The number of amides is 1. The van der Waals surface area contributed by atoms with Crippen molar-refractivity contribution in [3.05, 3.63) is 78.3 Å². The number of furan rings is 1. The van der Waals surface area contributed by atoms with Gasteiger partial charge in [0.25, 0.3) is 0 Å². The molecule has 0 aliphatic heterocycles. The molecule has 2 aromatic carbocycles. The number of fused-ring (bicyclic) bond motifs is 3. The number of nitrogens with one attached hydrogen (secondary N) is 1. The topological polar surface area (TPSA) is 67.5 Å². The van der Waals surface area contributed by atoms with Gasteiger partial charge in [0.15, 0.2) is 5.76 Å². The van der Waals surface area contributed by atoms with E-state index in [1.54, 1.807) is 24.5 Å². The number of rotatable bonds is 3. The third kappa shape index (κ3) is 2.63. The number of carbonyl (C=O) groups is 1. The SMILES string of the molecule is O=C(NN=Cc1cccnc1)c1cc2c(ccc3ccccc32)o1. The Bertz CT molecular complexity index is 1050. The van der Waals surface area contributed by atoms with E-state index in [2.05, 4.69) is 15.5 Å². The van der Waals surface area contributed by atoms with Crippen molar-refractivity contribution in [1.29, 1.82) is 0 Å². The van der Waals surface area contributed by atoms with Gasteiger partial charge in [-0.1, -0.05) is 36.4 Å². The standard InChI is InChI=1S/C19H13N3O2/c23-19(22-21-12-13-4-3-9-20-11-13)18-10-16-15-6-2-1-5-14(15)7-8-17(16)24-18/h1-12H,(H,22,23). The zero-order valence-corrected chi connectivity index (χ0v) is 12.6. The second kappa shape index (κ2) is 5.96. The van der Waals surface area contributed by atoms with Crippen LogP contribution in [0.1, 0.15) is 16.1 Å². The van der Waals surface area contributed by atoms with Gasteiger partial charge in [0.2, 0.25) is 0 Å². The lowest BCUT2D eigenvalue weighted by atomic mass is 10.1. The molecule has 5 nitrogen and oxygen atoms in total. The highest BCUT2D eigenvalue weighted by Gasteiger charge is 2.13. The summed E-state index contributed by atoms with van der Waals surface area (Å²) in [4.78, 5) is 16.2. The van der Waals surface area contributed by atoms with Crippen molar-refractivity contribution in [2.24, 2.45) is 5.10 Å². The Morgan fingerprint density at radius 1 is 1.08 bits per heavy atom. The van der Waals surface area contributed by atoms with Gasteiger partial charge in [-0.3, -0.25) is 9.78 Å². The van der Waals surface area contributed by atoms with Crippen LogP contribution in [0.25, 0.3) is 21.7 Å². The van der Waals surface area contributed by atoms with Gasteiger partial charge in [-0.2, -0.15) is 5.10 Å². The van der Waals surface area contributed by atoms with Crippen molar-refractivity contribution in [1.82, 2.24) is 10.4 Å². The van der Waals surface area contributed by atoms with Gasteiger partial charge < -0.3 is 4.42 Å². The fourth-order valence-corrected chi connectivity index (χ4v) is 2.58. The maximum atomic E-state index is 12.2. The van der Waals surface area contributed by atoms with Gasteiger partial charge in [0.1, 0.15) is 5.58 Å². The van der Waals surface area contributed by atoms with Gasteiger partial charge in [0, 0.05) is 23.3 Å². The Morgan fingerprint density at radius 3 is 2.88 bits per heavy atom. The molecule has 0 aliphatic carbocycles. The van der Waals surface area contributed by atoms with Crippen LogP contribution in [0.15, 0.2) is 76.5 Å². The highest BCUT2D eigenvalue weighted by Crippen LogP contribution is 2.28. The minimum absolute atomic E-state index is 0.227. The molecule has 4 rings (SSSR count). The lowest BCUT2D eigenvalue weighted by Gasteiger charge is -1.96. The number of carbonyl (C=O) groups excluding carboxylic acids is 1. The number of hydrazone groups is 1. The van der Waals surface area contributed by atoms with E-state index in [1.807, 2.05) is 42.5 Å². The molecule has 0 fully saturated rings. The molecule has 116 valence electrons. The monoisotopic (exact) mass is 315 g/mol. The summed E-state index contributed by atoms with van der Waals surface area (Å²) in [6, 6.07) is 17.2. The molecule has 0 unspecified atom stereocenters. The van der Waals surface area contributed by atoms with E-state index in [0.29, 0.717) is 5.58 Å². The number of benzene rings is 2. The maximum Gasteiger partial charge on any atom is 0.307 e. The van der Waals surface area contributed by atoms with Crippen LogP contribution in [0.3, 0.4) is 0 Å². The summed E-state index contributed by atoms with van der Waals surface area (Å²) in [6.45, 7) is 0. The van der Waals surface area contributed by atoms with Crippen LogP contribution in [0.2, 0.25) is 0 Å². The summed E-state index contributed by atoms with van der Waals surface area (Å²) in [5, 5.41) is 6.99. The highest BCUT2D eigenvalue weighted by molar-refractivity contribution is 6.08. The first-order chi connectivity index (χ1) is 11.8. The van der Waals surface area contributed by atoms with E-state index in [9.17, 15) is 4.79 Å². The van der Waals surface area contributed by atoms with E-state index < -0.39 is 5.91 Å². The fraction of sp³-hybridized carbons (Fsp3) is 0. The molecule has 1 amide bonds. The molecule has 0 atom stereocenters. The van der Waals surface area contributed by atoms with Crippen LogP contribution >= 0.6 is 0 Å². The summed E-state index contributed by atoms with van der Waals surface area (Å²) in [5.74, 6) is -0.167. The van der Waals surface area contributed by atoms with E-state index in [-0.39, 0.29) is 5.76 Å². The molecular formula is C19H13N3O2. The molecule has 0 bridgehead atoms. The van der Waals surface area contributed by atoms with Gasteiger partial charge in [-0.25, -0.2) is 5.43 Å². The first kappa shape index (κ1) is 14.1. The Kier molecular flexibility index (Phi) is 3.51. The van der Waals surface area contributed by atoms with Crippen molar-refractivity contribution in [2.75, 3.05) is 0 Å². The van der Waals surface area contributed by atoms with Gasteiger partial charge in [-0.15, -0.1) is 0 Å². The fourth-order valence-electron chi connectivity index (χ4n) is 2.58.